The summed E-state index contributed by atoms with van der Waals surface area (Å²) in [6.07, 6.45) is 1.77. The molecule has 0 amide bonds. The average Bonchev–Trinajstić information content (AvgIpc) is 3.18. The summed E-state index contributed by atoms with van der Waals surface area (Å²) in [4.78, 5) is 4.52. The standard InChI is InChI=1S/C22H22Cl2FN5S/c23-17-4-1-3-16(13-17)14-28-9-11-29(12-10-28)22(31)26-21-7-8-30(27-21)15-18-19(24)5-2-6-20(18)25/h1-8,13H,9-12,14-15H2,(H,26,27,31). The van der Waals surface area contributed by atoms with Gasteiger partial charge in [-0.1, -0.05) is 41.4 Å². The molecule has 1 saturated heterocycles. The predicted octanol–water partition coefficient (Wildman–Crippen LogP) is 4.89. The molecule has 0 radical (unpaired) electrons. The van der Waals surface area contributed by atoms with Crippen molar-refractivity contribution in [1.29, 1.82) is 0 Å². The number of halogens is 3. The van der Waals surface area contributed by atoms with E-state index in [1.807, 2.05) is 24.3 Å². The Morgan fingerprint density at radius 3 is 2.55 bits per heavy atom. The number of aromatic nitrogens is 2. The molecular weight excluding hydrogens is 456 g/mol. The summed E-state index contributed by atoms with van der Waals surface area (Å²) in [6, 6.07) is 14.4. The third-order valence-corrected chi connectivity index (χ3v) is 6.16. The van der Waals surface area contributed by atoms with E-state index in [0.717, 1.165) is 37.7 Å². The van der Waals surface area contributed by atoms with Gasteiger partial charge in [-0.3, -0.25) is 9.58 Å². The van der Waals surface area contributed by atoms with Crippen LogP contribution in [0.4, 0.5) is 10.2 Å². The van der Waals surface area contributed by atoms with Gasteiger partial charge >= 0.3 is 0 Å². The van der Waals surface area contributed by atoms with Gasteiger partial charge in [0, 0.05) is 60.6 Å². The molecule has 1 fully saturated rings. The van der Waals surface area contributed by atoms with Gasteiger partial charge in [-0.05, 0) is 42.0 Å². The van der Waals surface area contributed by atoms with Crippen LogP contribution in [0.5, 0.6) is 0 Å². The highest BCUT2D eigenvalue weighted by molar-refractivity contribution is 7.80. The Morgan fingerprint density at radius 1 is 1.03 bits per heavy atom. The molecule has 9 heteroatoms. The van der Waals surface area contributed by atoms with Gasteiger partial charge in [0.15, 0.2) is 10.9 Å². The van der Waals surface area contributed by atoms with Crippen molar-refractivity contribution in [2.45, 2.75) is 13.1 Å². The first-order valence-electron chi connectivity index (χ1n) is 9.97. The van der Waals surface area contributed by atoms with Gasteiger partial charge in [-0.25, -0.2) is 4.39 Å². The molecule has 4 rings (SSSR count). The van der Waals surface area contributed by atoms with Crippen molar-refractivity contribution in [2.24, 2.45) is 0 Å². The molecule has 1 N–H and O–H groups in total. The minimum absolute atomic E-state index is 0.252. The third kappa shape index (κ3) is 5.74. The summed E-state index contributed by atoms with van der Waals surface area (Å²) >= 11 is 17.8. The lowest BCUT2D eigenvalue weighted by Crippen LogP contribution is -2.49. The third-order valence-electron chi connectivity index (χ3n) is 5.21. The first kappa shape index (κ1) is 22.0. The van der Waals surface area contributed by atoms with E-state index in [1.165, 1.54) is 11.6 Å². The van der Waals surface area contributed by atoms with Crippen LogP contribution in [0.3, 0.4) is 0 Å². The van der Waals surface area contributed by atoms with Crippen molar-refractivity contribution in [2.75, 3.05) is 31.5 Å². The van der Waals surface area contributed by atoms with E-state index >= 15 is 0 Å². The Balaban J connectivity index is 1.28. The molecule has 0 atom stereocenters. The van der Waals surface area contributed by atoms with Crippen molar-refractivity contribution < 1.29 is 4.39 Å². The van der Waals surface area contributed by atoms with Gasteiger partial charge in [0.25, 0.3) is 0 Å². The van der Waals surface area contributed by atoms with Gasteiger partial charge in [0.2, 0.25) is 0 Å². The van der Waals surface area contributed by atoms with Crippen LogP contribution in [0.25, 0.3) is 0 Å². The van der Waals surface area contributed by atoms with E-state index in [-0.39, 0.29) is 12.4 Å². The average molecular weight is 478 g/mol. The molecule has 31 heavy (non-hydrogen) atoms. The highest BCUT2D eigenvalue weighted by Gasteiger charge is 2.19. The smallest absolute Gasteiger partial charge is 0.174 e. The maximum atomic E-state index is 14.0. The molecule has 0 saturated carbocycles. The maximum absolute atomic E-state index is 14.0. The highest BCUT2D eigenvalue weighted by Crippen LogP contribution is 2.20. The first-order chi connectivity index (χ1) is 15.0. The molecule has 0 aliphatic carbocycles. The zero-order chi connectivity index (χ0) is 21.8. The zero-order valence-corrected chi connectivity index (χ0v) is 19.1. The lowest BCUT2D eigenvalue weighted by atomic mass is 10.2. The summed E-state index contributed by atoms with van der Waals surface area (Å²) in [5.74, 6) is 0.280. The van der Waals surface area contributed by atoms with E-state index in [2.05, 4.69) is 26.3 Å². The Labute approximate surface area is 196 Å². The SMILES string of the molecule is Fc1cccc(Cl)c1Cn1ccc(NC(=S)N2CCN(Cc3cccc(Cl)c3)CC2)n1. The van der Waals surface area contributed by atoms with Crippen LogP contribution in [0, 0.1) is 5.82 Å². The van der Waals surface area contributed by atoms with Crippen LogP contribution in [0.15, 0.2) is 54.7 Å². The number of thiocarbonyl (C=S) groups is 1. The normalized spacial score (nSPS) is 14.6. The van der Waals surface area contributed by atoms with Crippen molar-refractivity contribution in [1.82, 2.24) is 19.6 Å². The summed E-state index contributed by atoms with van der Waals surface area (Å²) in [7, 11) is 0. The Morgan fingerprint density at radius 2 is 1.81 bits per heavy atom. The minimum Gasteiger partial charge on any atom is -0.346 e. The van der Waals surface area contributed by atoms with Crippen LogP contribution in [0.2, 0.25) is 10.0 Å². The van der Waals surface area contributed by atoms with Crippen LogP contribution in [-0.2, 0) is 13.1 Å². The van der Waals surface area contributed by atoms with Crippen LogP contribution in [0.1, 0.15) is 11.1 Å². The van der Waals surface area contributed by atoms with Crippen molar-refractivity contribution in [3.63, 3.8) is 0 Å². The van der Waals surface area contributed by atoms with Crippen LogP contribution >= 0.6 is 35.4 Å². The fourth-order valence-corrected chi connectivity index (χ4v) is 4.28. The number of rotatable bonds is 5. The highest BCUT2D eigenvalue weighted by atomic mass is 35.5. The molecule has 3 aromatic rings. The van der Waals surface area contributed by atoms with Crippen molar-refractivity contribution in [3.8, 4) is 0 Å². The number of hydrogen-bond acceptors (Lipinski definition) is 3. The number of nitrogens with zero attached hydrogens (tertiary/aromatic N) is 4. The van der Waals surface area contributed by atoms with Crippen molar-refractivity contribution in [3.05, 3.63) is 81.7 Å². The van der Waals surface area contributed by atoms with Crippen LogP contribution < -0.4 is 5.32 Å². The molecule has 1 aliphatic heterocycles. The number of benzene rings is 2. The maximum Gasteiger partial charge on any atom is 0.174 e. The van der Waals surface area contributed by atoms with Gasteiger partial charge in [-0.2, -0.15) is 5.10 Å². The van der Waals surface area contributed by atoms with E-state index in [4.69, 9.17) is 35.4 Å². The van der Waals surface area contributed by atoms with E-state index < -0.39 is 0 Å². The van der Waals surface area contributed by atoms with Gasteiger partial charge in [-0.15, -0.1) is 0 Å². The Bertz CT molecular complexity index is 1050. The first-order valence-corrected chi connectivity index (χ1v) is 11.1. The molecule has 5 nitrogen and oxygen atoms in total. The molecular formula is C22H22Cl2FN5S. The fraction of sp³-hybridized carbons (Fsp3) is 0.273. The minimum atomic E-state index is -0.344. The molecule has 2 aromatic carbocycles. The van der Waals surface area contributed by atoms with E-state index in [9.17, 15) is 4.39 Å². The molecule has 0 unspecified atom stereocenters. The zero-order valence-electron chi connectivity index (χ0n) is 16.8. The van der Waals surface area contributed by atoms with E-state index in [1.54, 1.807) is 23.0 Å². The molecule has 162 valence electrons. The lowest BCUT2D eigenvalue weighted by molar-refractivity contribution is 0.177. The van der Waals surface area contributed by atoms with Gasteiger partial charge in [0.05, 0.1) is 6.54 Å². The quantitative estimate of drug-likeness (QED) is 0.529. The Kier molecular flexibility index (Phi) is 7.07. The van der Waals surface area contributed by atoms with Gasteiger partial charge < -0.3 is 10.2 Å². The van der Waals surface area contributed by atoms with E-state index in [0.29, 0.717) is 21.5 Å². The second-order valence-corrected chi connectivity index (χ2v) is 8.65. The van der Waals surface area contributed by atoms with Gasteiger partial charge in [0.1, 0.15) is 5.82 Å². The molecule has 1 aromatic heterocycles. The fourth-order valence-electron chi connectivity index (χ4n) is 3.55. The lowest BCUT2D eigenvalue weighted by Gasteiger charge is -2.36. The molecule has 0 bridgehead atoms. The number of anilines is 1. The molecule has 1 aliphatic rings. The largest absolute Gasteiger partial charge is 0.346 e. The summed E-state index contributed by atoms with van der Waals surface area (Å²) < 4.78 is 15.6. The number of piperazine rings is 1. The number of nitrogens with one attached hydrogen (secondary N) is 1. The second kappa shape index (κ2) is 9.96. The summed E-state index contributed by atoms with van der Waals surface area (Å²) in [5.41, 5.74) is 1.62. The second-order valence-electron chi connectivity index (χ2n) is 7.42. The van der Waals surface area contributed by atoms with Crippen LogP contribution in [-0.4, -0.2) is 50.9 Å². The Hall–Kier alpha value is -2.19. The summed E-state index contributed by atoms with van der Waals surface area (Å²) in [5, 5.41) is 9.41. The monoisotopic (exact) mass is 477 g/mol. The number of hydrogen-bond donors (Lipinski definition) is 1. The molecule has 2 heterocycles. The van der Waals surface area contributed by atoms with Crippen molar-refractivity contribution >= 4 is 46.4 Å². The molecule has 0 spiro atoms. The summed E-state index contributed by atoms with van der Waals surface area (Å²) in [6.45, 7) is 4.61. The predicted molar refractivity (Wildman–Crippen MR) is 127 cm³/mol. The topological polar surface area (TPSA) is 36.3 Å².